The molecule has 2 heterocycles. The summed E-state index contributed by atoms with van der Waals surface area (Å²) in [6.07, 6.45) is 2.70. The van der Waals surface area contributed by atoms with Crippen molar-refractivity contribution in [1.82, 2.24) is 10.3 Å². The van der Waals surface area contributed by atoms with Gasteiger partial charge in [-0.25, -0.2) is 0 Å². The predicted molar refractivity (Wildman–Crippen MR) is 103 cm³/mol. The summed E-state index contributed by atoms with van der Waals surface area (Å²) >= 11 is 0. The number of para-hydroxylation sites is 1. The fraction of sp³-hybridized carbons (Fsp3) is 0.318. The van der Waals surface area contributed by atoms with Gasteiger partial charge in [-0.15, -0.1) is 0 Å². The number of benzene rings is 2. The number of ether oxygens (including phenoxy) is 1. The molecule has 1 aromatic heterocycles. The standard InChI is InChI=1S/C22H24N2O2/c1-2-8-19-21-17(16-11-6-7-12-18(16)24-21)13-20(23-19)22(25)26-14-15-9-4-3-5-10-15/h3-7,9-12,19-20,23-24H,2,8,13-14H2,1H3/t19-,20-/m0/s1. The fourth-order valence-electron chi connectivity index (χ4n) is 3.82. The van der Waals surface area contributed by atoms with Crippen LogP contribution in [0.15, 0.2) is 54.6 Å². The van der Waals surface area contributed by atoms with Gasteiger partial charge < -0.3 is 9.72 Å². The zero-order valence-corrected chi connectivity index (χ0v) is 15.0. The summed E-state index contributed by atoms with van der Waals surface area (Å²) in [6, 6.07) is 18.0. The summed E-state index contributed by atoms with van der Waals surface area (Å²) in [5, 5.41) is 4.72. The Labute approximate surface area is 153 Å². The van der Waals surface area contributed by atoms with Crippen molar-refractivity contribution < 1.29 is 9.53 Å². The lowest BCUT2D eigenvalue weighted by molar-refractivity contribution is -0.148. The highest BCUT2D eigenvalue weighted by Crippen LogP contribution is 2.34. The highest BCUT2D eigenvalue weighted by Gasteiger charge is 2.33. The number of esters is 1. The second kappa shape index (κ2) is 7.34. The van der Waals surface area contributed by atoms with E-state index in [-0.39, 0.29) is 18.1 Å². The summed E-state index contributed by atoms with van der Waals surface area (Å²) < 4.78 is 5.59. The molecule has 0 unspecified atom stereocenters. The number of fused-ring (bicyclic) bond motifs is 3. The second-order valence-electron chi connectivity index (χ2n) is 6.92. The van der Waals surface area contributed by atoms with Crippen LogP contribution in [0.25, 0.3) is 10.9 Å². The van der Waals surface area contributed by atoms with Gasteiger partial charge in [-0.2, -0.15) is 0 Å². The summed E-state index contributed by atoms with van der Waals surface area (Å²) in [4.78, 5) is 16.2. The van der Waals surface area contributed by atoms with E-state index in [0.717, 1.165) is 23.9 Å². The molecule has 0 radical (unpaired) electrons. The lowest BCUT2D eigenvalue weighted by atomic mass is 9.92. The molecule has 3 aromatic rings. The van der Waals surface area contributed by atoms with Crippen LogP contribution in [-0.2, 0) is 22.6 Å². The Morgan fingerprint density at radius 3 is 2.69 bits per heavy atom. The number of carbonyl (C=O) groups excluding carboxylic acids is 1. The number of H-pyrrole nitrogens is 1. The molecular weight excluding hydrogens is 324 g/mol. The summed E-state index contributed by atoms with van der Waals surface area (Å²) in [6.45, 7) is 2.48. The fourth-order valence-corrected chi connectivity index (χ4v) is 3.82. The molecule has 0 spiro atoms. The molecule has 0 saturated carbocycles. The molecule has 4 rings (SSSR count). The molecule has 0 bridgehead atoms. The number of hydrogen-bond donors (Lipinski definition) is 2. The van der Waals surface area contributed by atoms with Crippen LogP contribution in [0.4, 0.5) is 0 Å². The first-order chi connectivity index (χ1) is 12.8. The first-order valence-electron chi connectivity index (χ1n) is 9.32. The van der Waals surface area contributed by atoms with Crippen molar-refractivity contribution in [2.24, 2.45) is 0 Å². The molecule has 0 amide bonds. The Balaban J connectivity index is 1.55. The number of nitrogens with one attached hydrogen (secondary N) is 2. The normalized spacial score (nSPS) is 19.3. The van der Waals surface area contributed by atoms with Gasteiger partial charge in [0.2, 0.25) is 0 Å². The van der Waals surface area contributed by atoms with Crippen molar-refractivity contribution in [2.75, 3.05) is 0 Å². The van der Waals surface area contributed by atoms with Crippen LogP contribution in [0.3, 0.4) is 0 Å². The van der Waals surface area contributed by atoms with Gasteiger partial charge in [0.1, 0.15) is 12.6 Å². The van der Waals surface area contributed by atoms with Crippen molar-refractivity contribution in [2.45, 2.75) is 44.9 Å². The molecule has 1 aliphatic rings. The predicted octanol–water partition coefficient (Wildman–Crippen LogP) is 4.27. The summed E-state index contributed by atoms with van der Waals surface area (Å²) in [5.74, 6) is -0.175. The van der Waals surface area contributed by atoms with Crippen LogP contribution >= 0.6 is 0 Å². The minimum atomic E-state index is -0.304. The van der Waals surface area contributed by atoms with Gasteiger partial charge in [0.15, 0.2) is 0 Å². The van der Waals surface area contributed by atoms with E-state index < -0.39 is 0 Å². The molecule has 2 atom stereocenters. The zero-order chi connectivity index (χ0) is 17.9. The Morgan fingerprint density at radius 1 is 1.12 bits per heavy atom. The lowest BCUT2D eigenvalue weighted by Gasteiger charge is -2.30. The zero-order valence-electron chi connectivity index (χ0n) is 15.0. The molecule has 4 nitrogen and oxygen atoms in total. The minimum Gasteiger partial charge on any atom is -0.460 e. The van der Waals surface area contributed by atoms with E-state index in [4.69, 9.17) is 4.74 Å². The van der Waals surface area contributed by atoms with Crippen LogP contribution in [0.5, 0.6) is 0 Å². The summed E-state index contributed by atoms with van der Waals surface area (Å²) in [5.41, 5.74) is 4.62. The average molecular weight is 348 g/mol. The topological polar surface area (TPSA) is 54.1 Å². The molecule has 0 fully saturated rings. The Morgan fingerprint density at radius 2 is 1.88 bits per heavy atom. The van der Waals surface area contributed by atoms with Crippen LogP contribution in [0.1, 0.15) is 42.6 Å². The van der Waals surface area contributed by atoms with E-state index in [1.165, 1.54) is 16.6 Å². The van der Waals surface area contributed by atoms with Crippen LogP contribution in [0, 0.1) is 0 Å². The quantitative estimate of drug-likeness (QED) is 0.677. The van der Waals surface area contributed by atoms with Crippen molar-refractivity contribution in [3.05, 3.63) is 71.4 Å². The highest BCUT2D eigenvalue weighted by atomic mass is 16.5. The van der Waals surface area contributed by atoms with E-state index in [1.807, 2.05) is 36.4 Å². The highest BCUT2D eigenvalue weighted by molar-refractivity contribution is 5.87. The van der Waals surface area contributed by atoms with E-state index in [0.29, 0.717) is 13.0 Å². The average Bonchev–Trinajstić information content (AvgIpc) is 3.06. The number of hydrogen-bond acceptors (Lipinski definition) is 3. The van der Waals surface area contributed by atoms with E-state index >= 15 is 0 Å². The number of aromatic nitrogens is 1. The Hall–Kier alpha value is -2.59. The Kier molecular flexibility index (Phi) is 4.76. The third-order valence-corrected chi connectivity index (χ3v) is 5.09. The largest absolute Gasteiger partial charge is 0.460 e. The van der Waals surface area contributed by atoms with Crippen molar-refractivity contribution in [1.29, 1.82) is 0 Å². The van der Waals surface area contributed by atoms with E-state index in [1.54, 1.807) is 0 Å². The maximum absolute atomic E-state index is 12.7. The SMILES string of the molecule is CCC[C@@H]1N[C@H](C(=O)OCc2ccccc2)Cc2c1[nH]c1ccccc21. The molecule has 2 N–H and O–H groups in total. The second-order valence-corrected chi connectivity index (χ2v) is 6.92. The van der Waals surface area contributed by atoms with Gasteiger partial charge in [-0.05, 0) is 23.6 Å². The van der Waals surface area contributed by atoms with E-state index in [2.05, 4.69) is 35.4 Å². The maximum Gasteiger partial charge on any atom is 0.323 e. The van der Waals surface area contributed by atoms with Crippen molar-refractivity contribution >= 4 is 16.9 Å². The molecule has 2 aromatic carbocycles. The third kappa shape index (κ3) is 3.25. The number of carbonyl (C=O) groups is 1. The van der Waals surface area contributed by atoms with E-state index in [9.17, 15) is 4.79 Å². The number of aromatic amines is 1. The number of rotatable bonds is 5. The first-order valence-corrected chi connectivity index (χ1v) is 9.32. The van der Waals surface area contributed by atoms with Gasteiger partial charge in [0, 0.05) is 29.1 Å². The van der Waals surface area contributed by atoms with Gasteiger partial charge in [0.25, 0.3) is 0 Å². The first kappa shape index (κ1) is 16.9. The molecule has 4 heteroatoms. The summed E-state index contributed by atoms with van der Waals surface area (Å²) in [7, 11) is 0. The van der Waals surface area contributed by atoms with Gasteiger partial charge >= 0.3 is 5.97 Å². The van der Waals surface area contributed by atoms with Crippen LogP contribution < -0.4 is 5.32 Å². The molecule has 0 saturated heterocycles. The molecule has 0 aliphatic carbocycles. The third-order valence-electron chi connectivity index (χ3n) is 5.09. The molecule has 1 aliphatic heterocycles. The monoisotopic (exact) mass is 348 g/mol. The molecule has 134 valence electrons. The smallest absolute Gasteiger partial charge is 0.323 e. The van der Waals surface area contributed by atoms with Gasteiger partial charge in [0.05, 0.1) is 0 Å². The Bertz CT molecular complexity index is 901. The molecular formula is C22H24N2O2. The van der Waals surface area contributed by atoms with Gasteiger partial charge in [-0.3, -0.25) is 10.1 Å². The van der Waals surface area contributed by atoms with Crippen LogP contribution in [0.2, 0.25) is 0 Å². The van der Waals surface area contributed by atoms with Gasteiger partial charge in [-0.1, -0.05) is 61.9 Å². The van der Waals surface area contributed by atoms with Crippen molar-refractivity contribution in [3.8, 4) is 0 Å². The maximum atomic E-state index is 12.7. The lowest BCUT2D eigenvalue weighted by Crippen LogP contribution is -2.45. The molecule has 26 heavy (non-hydrogen) atoms. The van der Waals surface area contributed by atoms with Crippen molar-refractivity contribution in [3.63, 3.8) is 0 Å². The minimum absolute atomic E-state index is 0.158. The van der Waals surface area contributed by atoms with Crippen LogP contribution in [-0.4, -0.2) is 17.0 Å².